The fraction of sp³-hybridized carbons (Fsp3) is 0.429. The fourth-order valence-corrected chi connectivity index (χ4v) is 2.62. The molecule has 1 saturated heterocycles. The van der Waals surface area contributed by atoms with Crippen molar-refractivity contribution in [1.82, 2.24) is 4.90 Å². The molecule has 122 valence electrons. The number of nitro groups is 1. The molecule has 0 saturated carbocycles. The Morgan fingerprint density at radius 3 is 2.57 bits per heavy atom. The Morgan fingerprint density at radius 1 is 1.39 bits per heavy atom. The number of nitrogens with zero attached hydrogens (tertiary/aromatic N) is 4. The van der Waals surface area contributed by atoms with Gasteiger partial charge in [-0.2, -0.15) is 5.26 Å². The molecule has 1 aromatic rings. The quantitative estimate of drug-likeness (QED) is 0.620. The molecule has 0 bridgehead atoms. The average Bonchev–Trinajstić information content (AvgIpc) is 2.49. The Bertz CT molecular complexity index is 665. The van der Waals surface area contributed by atoms with Crippen LogP contribution in [0.25, 0.3) is 0 Å². The van der Waals surface area contributed by atoms with Crippen LogP contribution >= 0.6 is 0 Å². The van der Waals surface area contributed by atoms with Gasteiger partial charge in [0, 0.05) is 37.8 Å². The maximum Gasteiger partial charge on any atom is 0.295 e. The number of hydrogen-bond donors (Lipinski definition) is 1. The van der Waals surface area contributed by atoms with Crippen LogP contribution in [0.2, 0.25) is 0 Å². The van der Waals surface area contributed by atoms with Gasteiger partial charge < -0.3 is 10.6 Å². The summed E-state index contributed by atoms with van der Waals surface area (Å²) in [5.41, 5.74) is 4.85. The van der Waals surface area contributed by atoms with Crippen molar-refractivity contribution in [3.63, 3.8) is 0 Å². The molecular formula is C14H16FN5O3. The smallest absolute Gasteiger partial charge is 0.295 e. The van der Waals surface area contributed by atoms with E-state index in [1.165, 1.54) is 12.1 Å². The van der Waals surface area contributed by atoms with Crippen LogP contribution in [0.15, 0.2) is 12.1 Å². The van der Waals surface area contributed by atoms with Crippen LogP contribution in [0, 0.1) is 27.3 Å². The third-order valence-electron chi connectivity index (χ3n) is 3.71. The summed E-state index contributed by atoms with van der Waals surface area (Å²) >= 11 is 0. The molecule has 0 aliphatic carbocycles. The molecule has 0 unspecified atom stereocenters. The molecule has 1 aliphatic rings. The first-order valence-electron chi connectivity index (χ1n) is 7.02. The second kappa shape index (κ2) is 7.02. The number of rotatable bonds is 5. The monoisotopic (exact) mass is 321 g/mol. The van der Waals surface area contributed by atoms with Crippen LogP contribution in [0.5, 0.6) is 0 Å². The van der Waals surface area contributed by atoms with Gasteiger partial charge in [-0.1, -0.05) is 0 Å². The number of hydrogen-bond acceptors (Lipinski definition) is 6. The number of nitrogens with two attached hydrogens (primary N) is 1. The Balaban J connectivity index is 2.28. The number of piperazine rings is 1. The summed E-state index contributed by atoms with van der Waals surface area (Å²) in [6, 6.07) is 4.33. The standard InChI is InChI=1S/C14H16FN5O3/c15-13-10(3-4-16)1-2-11(20(22)23)14(13)19-7-5-18(6-8-19)9-12(17)21/h1-2H,3,5-9H2,(H2,17,21). The summed E-state index contributed by atoms with van der Waals surface area (Å²) in [7, 11) is 0. The number of carbonyl (C=O) groups is 1. The summed E-state index contributed by atoms with van der Waals surface area (Å²) in [5, 5.41) is 19.9. The number of anilines is 1. The van der Waals surface area contributed by atoms with Gasteiger partial charge in [0.05, 0.1) is 24.0 Å². The highest BCUT2D eigenvalue weighted by molar-refractivity contribution is 5.76. The van der Waals surface area contributed by atoms with E-state index in [4.69, 9.17) is 11.0 Å². The lowest BCUT2D eigenvalue weighted by atomic mass is 10.1. The van der Waals surface area contributed by atoms with Crippen molar-refractivity contribution in [3.05, 3.63) is 33.6 Å². The molecule has 0 radical (unpaired) electrons. The molecule has 1 aromatic carbocycles. The molecule has 23 heavy (non-hydrogen) atoms. The van der Waals surface area contributed by atoms with Crippen LogP contribution in [-0.2, 0) is 11.2 Å². The van der Waals surface area contributed by atoms with Gasteiger partial charge in [0.1, 0.15) is 0 Å². The van der Waals surface area contributed by atoms with Crippen molar-refractivity contribution in [2.24, 2.45) is 5.73 Å². The zero-order valence-corrected chi connectivity index (χ0v) is 12.4. The highest BCUT2D eigenvalue weighted by Crippen LogP contribution is 2.34. The van der Waals surface area contributed by atoms with E-state index in [2.05, 4.69) is 0 Å². The van der Waals surface area contributed by atoms with E-state index in [0.717, 1.165) is 0 Å². The first-order valence-corrected chi connectivity index (χ1v) is 7.02. The van der Waals surface area contributed by atoms with Crippen molar-refractivity contribution < 1.29 is 14.1 Å². The minimum atomic E-state index is -0.732. The summed E-state index contributed by atoms with van der Waals surface area (Å²) in [6.07, 6.45) is -0.154. The number of halogens is 1. The van der Waals surface area contributed by atoms with Gasteiger partial charge >= 0.3 is 0 Å². The highest BCUT2D eigenvalue weighted by Gasteiger charge is 2.28. The SMILES string of the molecule is N#CCc1ccc([N+](=O)[O-])c(N2CCN(CC(N)=O)CC2)c1F. The Morgan fingerprint density at radius 2 is 2.04 bits per heavy atom. The summed E-state index contributed by atoms with van der Waals surface area (Å²) in [6.45, 7) is 1.67. The molecule has 2 rings (SSSR count). The van der Waals surface area contributed by atoms with Crippen molar-refractivity contribution in [2.45, 2.75) is 6.42 Å². The molecule has 0 spiro atoms. The molecule has 1 aliphatic heterocycles. The van der Waals surface area contributed by atoms with Crippen LogP contribution < -0.4 is 10.6 Å². The lowest BCUT2D eigenvalue weighted by Gasteiger charge is -2.35. The van der Waals surface area contributed by atoms with Gasteiger partial charge in [0.15, 0.2) is 11.5 Å². The van der Waals surface area contributed by atoms with E-state index in [9.17, 15) is 19.3 Å². The molecule has 1 amide bonds. The van der Waals surface area contributed by atoms with Gasteiger partial charge in [-0.05, 0) is 6.07 Å². The first-order chi connectivity index (χ1) is 10.9. The van der Waals surface area contributed by atoms with E-state index in [1.807, 2.05) is 11.0 Å². The molecule has 8 nitrogen and oxygen atoms in total. The second-order valence-electron chi connectivity index (χ2n) is 5.23. The summed E-state index contributed by atoms with van der Waals surface area (Å²) in [5.74, 6) is -1.18. The maximum absolute atomic E-state index is 14.6. The van der Waals surface area contributed by atoms with Crippen LogP contribution in [0.4, 0.5) is 15.8 Å². The minimum absolute atomic E-state index is 0.0959. The number of benzene rings is 1. The summed E-state index contributed by atoms with van der Waals surface area (Å²) < 4.78 is 14.6. The minimum Gasteiger partial charge on any atom is -0.369 e. The van der Waals surface area contributed by atoms with Gasteiger partial charge in [0.2, 0.25) is 5.91 Å². The zero-order chi connectivity index (χ0) is 17.0. The Hall–Kier alpha value is -2.73. The number of nitro benzene ring substituents is 1. The van der Waals surface area contributed by atoms with Crippen LogP contribution in [0.3, 0.4) is 0 Å². The van der Waals surface area contributed by atoms with E-state index < -0.39 is 16.6 Å². The maximum atomic E-state index is 14.6. The number of amides is 1. The Labute approximate surface area is 132 Å². The molecule has 1 heterocycles. The van der Waals surface area contributed by atoms with E-state index in [0.29, 0.717) is 26.2 Å². The second-order valence-corrected chi connectivity index (χ2v) is 5.23. The average molecular weight is 321 g/mol. The third-order valence-corrected chi connectivity index (χ3v) is 3.71. The van der Waals surface area contributed by atoms with Gasteiger partial charge in [-0.25, -0.2) is 4.39 Å². The highest BCUT2D eigenvalue weighted by atomic mass is 19.1. The summed E-state index contributed by atoms with van der Waals surface area (Å²) in [4.78, 5) is 24.8. The molecule has 9 heteroatoms. The number of nitriles is 1. The normalized spacial score (nSPS) is 15.2. The first kappa shape index (κ1) is 16.6. The van der Waals surface area contributed by atoms with Gasteiger partial charge in [0.25, 0.3) is 5.69 Å². The van der Waals surface area contributed by atoms with Crippen molar-refractivity contribution in [2.75, 3.05) is 37.6 Å². The van der Waals surface area contributed by atoms with E-state index >= 15 is 0 Å². The molecule has 0 aromatic heterocycles. The Kier molecular flexibility index (Phi) is 5.08. The number of carbonyl (C=O) groups excluding carboxylic acids is 1. The van der Waals surface area contributed by atoms with Crippen LogP contribution in [-0.4, -0.2) is 48.5 Å². The lowest BCUT2D eigenvalue weighted by molar-refractivity contribution is -0.384. The molecular weight excluding hydrogens is 305 g/mol. The van der Waals surface area contributed by atoms with Crippen LogP contribution in [0.1, 0.15) is 5.56 Å². The lowest BCUT2D eigenvalue weighted by Crippen LogP contribution is -2.49. The molecule has 0 atom stereocenters. The van der Waals surface area contributed by atoms with E-state index in [-0.39, 0.29) is 29.9 Å². The molecule has 2 N–H and O–H groups in total. The third kappa shape index (κ3) is 3.73. The predicted octanol–water partition coefficient (Wildman–Crippen LogP) is 0.407. The zero-order valence-electron chi connectivity index (χ0n) is 12.4. The van der Waals surface area contributed by atoms with Crippen molar-refractivity contribution in [3.8, 4) is 6.07 Å². The van der Waals surface area contributed by atoms with Crippen molar-refractivity contribution >= 4 is 17.3 Å². The van der Waals surface area contributed by atoms with Gasteiger partial charge in [-0.3, -0.25) is 19.8 Å². The van der Waals surface area contributed by atoms with Crippen molar-refractivity contribution in [1.29, 1.82) is 5.26 Å². The largest absolute Gasteiger partial charge is 0.369 e. The fourth-order valence-electron chi connectivity index (χ4n) is 2.62. The van der Waals surface area contributed by atoms with E-state index in [1.54, 1.807) is 4.90 Å². The topological polar surface area (TPSA) is 116 Å². The number of primary amides is 1. The van der Waals surface area contributed by atoms with Gasteiger partial charge in [-0.15, -0.1) is 0 Å². The predicted molar refractivity (Wildman–Crippen MR) is 80.2 cm³/mol. The molecule has 1 fully saturated rings.